The molecule has 0 aliphatic heterocycles. The molecule has 1 fully saturated rings. The van der Waals surface area contributed by atoms with Gasteiger partial charge >= 0.3 is 0 Å². The maximum atomic E-state index is 11.3. The Labute approximate surface area is 102 Å². The highest BCUT2D eigenvalue weighted by Crippen LogP contribution is 2.18. The molecule has 1 amide bonds. The molecule has 0 saturated heterocycles. The number of rotatable bonds is 4. The van der Waals surface area contributed by atoms with Gasteiger partial charge in [-0.1, -0.05) is 0 Å². The Kier molecular flexibility index (Phi) is 3.40. The summed E-state index contributed by atoms with van der Waals surface area (Å²) in [6.07, 6.45) is 2.10. The largest absolute Gasteiger partial charge is 0.352 e. The van der Waals surface area contributed by atoms with Gasteiger partial charge in [-0.05, 0) is 36.0 Å². The standard InChI is InChI=1S/C8H9Cl2N5O/c9-6-13-7(10)15-8(14-6)11-3-5(16)12-4-1-2-4/h4H,1-3H2,(H,12,16)(H,11,13,14,15). The first kappa shape index (κ1) is 11.3. The van der Waals surface area contributed by atoms with Crippen molar-refractivity contribution in [1.82, 2.24) is 20.3 Å². The second-order valence-corrected chi connectivity index (χ2v) is 4.07. The summed E-state index contributed by atoms with van der Waals surface area (Å²) in [5.41, 5.74) is 0. The Balaban J connectivity index is 1.85. The molecule has 1 aromatic heterocycles. The van der Waals surface area contributed by atoms with Crippen LogP contribution in [-0.4, -0.2) is 33.4 Å². The van der Waals surface area contributed by atoms with Crippen molar-refractivity contribution >= 4 is 35.1 Å². The van der Waals surface area contributed by atoms with Gasteiger partial charge in [0.25, 0.3) is 0 Å². The molecule has 0 radical (unpaired) electrons. The van der Waals surface area contributed by atoms with Crippen LogP contribution in [0.25, 0.3) is 0 Å². The van der Waals surface area contributed by atoms with Crippen LogP contribution in [0.4, 0.5) is 5.95 Å². The quantitative estimate of drug-likeness (QED) is 0.841. The van der Waals surface area contributed by atoms with Crippen LogP contribution in [0.3, 0.4) is 0 Å². The minimum absolute atomic E-state index is 0.00917. The molecule has 6 nitrogen and oxygen atoms in total. The summed E-state index contributed by atoms with van der Waals surface area (Å²) < 4.78 is 0. The van der Waals surface area contributed by atoms with Crippen molar-refractivity contribution in [3.05, 3.63) is 10.6 Å². The molecule has 0 bridgehead atoms. The number of anilines is 1. The third kappa shape index (κ3) is 3.46. The smallest absolute Gasteiger partial charge is 0.239 e. The van der Waals surface area contributed by atoms with Crippen molar-refractivity contribution < 1.29 is 4.79 Å². The van der Waals surface area contributed by atoms with Gasteiger partial charge in [0, 0.05) is 6.04 Å². The van der Waals surface area contributed by atoms with Crippen LogP contribution >= 0.6 is 23.2 Å². The number of carbonyl (C=O) groups excluding carboxylic acids is 1. The molecule has 1 heterocycles. The van der Waals surface area contributed by atoms with Crippen molar-refractivity contribution in [1.29, 1.82) is 0 Å². The summed E-state index contributed by atoms with van der Waals surface area (Å²) in [5.74, 6) is 0.0890. The summed E-state index contributed by atoms with van der Waals surface area (Å²) >= 11 is 11.1. The second-order valence-electron chi connectivity index (χ2n) is 3.39. The number of nitrogens with one attached hydrogen (secondary N) is 2. The fourth-order valence-corrected chi connectivity index (χ4v) is 1.43. The zero-order chi connectivity index (χ0) is 11.5. The molecule has 8 heteroatoms. The molecule has 16 heavy (non-hydrogen) atoms. The molecule has 1 aliphatic rings. The molecule has 2 N–H and O–H groups in total. The molecular formula is C8H9Cl2N5O. The first-order valence-corrected chi connectivity index (χ1v) is 5.49. The summed E-state index contributed by atoms with van der Waals surface area (Å²) in [4.78, 5) is 22.5. The minimum Gasteiger partial charge on any atom is -0.352 e. The molecule has 1 aromatic rings. The van der Waals surface area contributed by atoms with Gasteiger partial charge in [0.15, 0.2) is 0 Å². The molecule has 0 aromatic carbocycles. The van der Waals surface area contributed by atoms with E-state index in [4.69, 9.17) is 23.2 Å². The second kappa shape index (κ2) is 4.80. The first-order chi connectivity index (χ1) is 7.63. The third-order valence-corrected chi connectivity index (χ3v) is 2.27. The lowest BCUT2D eigenvalue weighted by atomic mass is 10.5. The molecular weight excluding hydrogens is 253 g/mol. The highest BCUT2D eigenvalue weighted by Gasteiger charge is 2.22. The lowest BCUT2D eigenvalue weighted by molar-refractivity contribution is -0.119. The highest BCUT2D eigenvalue weighted by atomic mass is 35.5. The van der Waals surface area contributed by atoms with E-state index in [0.717, 1.165) is 12.8 Å². The number of halogens is 2. The van der Waals surface area contributed by atoms with E-state index < -0.39 is 0 Å². The number of hydrogen-bond acceptors (Lipinski definition) is 5. The first-order valence-electron chi connectivity index (χ1n) is 4.74. The van der Waals surface area contributed by atoms with E-state index in [9.17, 15) is 4.79 Å². The predicted molar refractivity (Wildman–Crippen MR) is 59.5 cm³/mol. The van der Waals surface area contributed by atoms with Gasteiger partial charge in [0.1, 0.15) is 0 Å². The molecule has 86 valence electrons. The zero-order valence-electron chi connectivity index (χ0n) is 8.20. The van der Waals surface area contributed by atoms with E-state index in [1.807, 2.05) is 0 Å². The van der Waals surface area contributed by atoms with E-state index in [1.165, 1.54) is 0 Å². The Bertz CT molecular complexity index is 389. The Morgan fingerprint density at radius 2 is 1.88 bits per heavy atom. The fourth-order valence-electron chi connectivity index (χ4n) is 1.07. The summed E-state index contributed by atoms with van der Waals surface area (Å²) in [6, 6.07) is 0.333. The van der Waals surface area contributed by atoms with Crippen LogP contribution < -0.4 is 10.6 Å². The van der Waals surface area contributed by atoms with Gasteiger partial charge in [-0.3, -0.25) is 4.79 Å². The van der Waals surface area contributed by atoms with Crippen LogP contribution in [0.5, 0.6) is 0 Å². The lowest BCUT2D eigenvalue weighted by Crippen LogP contribution is -2.31. The van der Waals surface area contributed by atoms with Crippen LogP contribution in [0.1, 0.15) is 12.8 Å². The maximum Gasteiger partial charge on any atom is 0.239 e. The number of carbonyl (C=O) groups is 1. The summed E-state index contributed by atoms with van der Waals surface area (Å²) in [7, 11) is 0. The van der Waals surface area contributed by atoms with Crippen LogP contribution in [0.15, 0.2) is 0 Å². The molecule has 0 atom stereocenters. The van der Waals surface area contributed by atoms with E-state index in [1.54, 1.807) is 0 Å². The van der Waals surface area contributed by atoms with Crippen molar-refractivity contribution in [2.75, 3.05) is 11.9 Å². The molecule has 0 unspecified atom stereocenters. The van der Waals surface area contributed by atoms with Gasteiger partial charge in [-0.25, -0.2) is 0 Å². The van der Waals surface area contributed by atoms with Crippen molar-refractivity contribution in [3.63, 3.8) is 0 Å². The average Bonchev–Trinajstić information content (AvgIpc) is 2.97. The Hall–Kier alpha value is -1.14. The average molecular weight is 262 g/mol. The molecule has 1 aliphatic carbocycles. The number of hydrogen-bond donors (Lipinski definition) is 2. The normalized spacial score (nSPS) is 14.6. The van der Waals surface area contributed by atoms with E-state index >= 15 is 0 Å². The van der Waals surface area contributed by atoms with E-state index in [-0.39, 0.29) is 29.0 Å². The number of amides is 1. The number of nitrogens with zero attached hydrogens (tertiary/aromatic N) is 3. The summed E-state index contributed by atoms with van der Waals surface area (Å²) in [6.45, 7) is 0.0904. The van der Waals surface area contributed by atoms with Gasteiger partial charge < -0.3 is 10.6 Å². The maximum absolute atomic E-state index is 11.3. The zero-order valence-corrected chi connectivity index (χ0v) is 9.72. The van der Waals surface area contributed by atoms with Gasteiger partial charge in [-0.2, -0.15) is 15.0 Å². The van der Waals surface area contributed by atoms with Crippen molar-refractivity contribution in [3.8, 4) is 0 Å². The fraction of sp³-hybridized carbons (Fsp3) is 0.500. The Morgan fingerprint density at radius 3 is 2.44 bits per heavy atom. The van der Waals surface area contributed by atoms with Crippen molar-refractivity contribution in [2.45, 2.75) is 18.9 Å². The van der Waals surface area contributed by atoms with Gasteiger partial charge in [0.2, 0.25) is 22.4 Å². The predicted octanol–water partition coefficient (Wildman–Crippen LogP) is 0.869. The van der Waals surface area contributed by atoms with Crippen molar-refractivity contribution in [2.24, 2.45) is 0 Å². The van der Waals surface area contributed by atoms with Gasteiger partial charge in [0.05, 0.1) is 6.54 Å². The van der Waals surface area contributed by atoms with Crippen LogP contribution in [0.2, 0.25) is 10.6 Å². The van der Waals surface area contributed by atoms with Gasteiger partial charge in [-0.15, -0.1) is 0 Å². The lowest BCUT2D eigenvalue weighted by Gasteiger charge is -2.05. The Morgan fingerprint density at radius 1 is 1.25 bits per heavy atom. The molecule has 2 rings (SSSR count). The molecule has 1 saturated carbocycles. The van der Waals surface area contributed by atoms with Crippen LogP contribution in [-0.2, 0) is 4.79 Å². The third-order valence-electron chi connectivity index (χ3n) is 1.93. The SMILES string of the molecule is O=C(CNc1nc(Cl)nc(Cl)n1)NC1CC1. The molecule has 0 spiro atoms. The van der Waals surface area contributed by atoms with E-state index in [0.29, 0.717) is 6.04 Å². The highest BCUT2D eigenvalue weighted by molar-refractivity contribution is 6.31. The summed E-state index contributed by atoms with van der Waals surface area (Å²) in [5, 5.41) is 5.51. The van der Waals surface area contributed by atoms with E-state index in [2.05, 4.69) is 25.6 Å². The number of aromatic nitrogens is 3. The topological polar surface area (TPSA) is 79.8 Å². The minimum atomic E-state index is -0.102. The van der Waals surface area contributed by atoms with Crippen LogP contribution in [0, 0.1) is 0 Å². The monoisotopic (exact) mass is 261 g/mol.